The van der Waals surface area contributed by atoms with Gasteiger partial charge < -0.3 is 9.32 Å². The number of H-pyrrole nitrogens is 1. The van der Waals surface area contributed by atoms with Crippen molar-refractivity contribution in [1.82, 2.24) is 20.1 Å². The van der Waals surface area contributed by atoms with Gasteiger partial charge in [0, 0.05) is 18.5 Å². The molecule has 1 saturated heterocycles. The lowest BCUT2D eigenvalue weighted by Gasteiger charge is -2.21. The first kappa shape index (κ1) is 20.1. The van der Waals surface area contributed by atoms with Gasteiger partial charge in [-0.1, -0.05) is 18.2 Å². The summed E-state index contributed by atoms with van der Waals surface area (Å²) in [5, 5.41) is 6.98. The molecule has 8 heteroatoms. The van der Waals surface area contributed by atoms with Gasteiger partial charge in [0.1, 0.15) is 29.1 Å². The highest BCUT2D eigenvalue weighted by molar-refractivity contribution is 5.93. The molecule has 2 aromatic carbocycles. The van der Waals surface area contributed by atoms with Gasteiger partial charge in [0.05, 0.1) is 11.9 Å². The van der Waals surface area contributed by atoms with E-state index < -0.39 is 0 Å². The van der Waals surface area contributed by atoms with Gasteiger partial charge in [0.2, 0.25) is 5.89 Å². The molecule has 0 saturated carbocycles. The Bertz CT molecular complexity index is 1250. The lowest BCUT2D eigenvalue weighted by molar-refractivity contribution is 0.0708. The molecule has 2 aromatic heterocycles. The van der Waals surface area contributed by atoms with Gasteiger partial charge in [0.15, 0.2) is 0 Å². The average molecular weight is 434 g/mol. The first-order chi connectivity index (χ1) is 15.6. The zero-order chi connectivity index (χ0) is 22.1. The smallest absolute Gasteiger partial charge is 0.272 e. The number of amides is 1. The van der Waals surface area contributed by atoms with Crippen LogP contribution in [0.25, 0.3) is 11.3 Å². The molecule has 0 radical (unpaired) electrons. The van der Waals surface area contributed by atoms with Gasteiger partial charge in [-0.05, 0) is 54.8 Å². The predicted octanol–water partition coefficient (Wildman–Crippen LogP) is 4.91. The van der Waals surface area contributed by atoms with Crippen LogP contribution in [0.4, 0.5) is 8.78 Å². The Morgan fingerprint density at radius 3 is 2.78 bits per heavy atom. The van der Waals surface area contributed by atoms with Gasteiger partial charge in [-0.25, -0.2) is 13.8 Å². The molecular formula is C24H20F2N4O2. The molecule has 4 aromatic rings. The number of nitrogens with zero attached hydrogens (tertiary/aromatic N) is 3. The summed E-state index contributed by atoms with van der Waals surface area (Å²) in [5.74, 6) is 0.160. The van der Waals surface area contributed by atoms with E-state index in [-0.39, 0.29) is 23.6 Å². The van der Waals surface area contributed by atoms with E-state index in [1.807, 2.05) is 0 Å². The van der Waals surface area contributed by atoms with Crippen molar-refractivity contribution in [3.05, 3.63) is 95.3 Å². The van der Waals surface area contributed by atoms with Crippen LogP contribution < -0.4 is 0 Å². The fraction of sp³-hybridized carbons (Fsp3) is 0.208. The van der Waals surface area contributed by atoms with Gasteiger partial charge in [-0.3, -0.25) is 9.89 Å². The molecule has 1 atom stereocenters. The number of aromatic nitrogens is 3. The van der Waals surface area contributed by atoms with E-state index in [1.165, 1.54) is 18.2 Å². The van der Waals surface area contributed by atoms with Crippen molar-refractivity contribution in [3.8, 4) is 11.3 Å². The maximum atomic E-state index is 13.9. The Labute approximate surface area is 182 Å². The number of carbonyl (C=O) groups is 1. The molecule has 1 aliphatic heterocycles. The molecule has 5 rings (SSSR count). The van der Waals surface area contributed by atoms with Crippen LogP contribution in [0.15, 0.2) is 65.2 Å². The Morgan fingerprint density at radius 2 is 1.97 bits per heavy atom. The molecule has 32 heavy (non-hydrogen) atoms. The fourth-order valence-electron chi connectivity index (χ4n) is 4.01. The van der Waals surface area contributed by atoms with E-state index >= 15 is 0 Å². The number of aromatic amines is 1. The van der Waals surface area contributed by atoms with E-state index in [4.69, 9.17) is 4.42 Å². The molecule has 0 bridgehead atoms. The predicted molar refractivity (Wildman–Crippen MR) is 113 cm³/mol. The van der Waals surface area contributed by atoms with E-state index in [9.17, 15) is 13.6 Å². The molecule has 1 N–H and O–H groups in total. The van der Waals surface area contributed by atoms with Crippen molar-refractivity contribution in [1.29, 1.82) is 0 Å². The van der Waals surface area contributed by atoms with Crippen LogP contribution in [-0.2, 0) is 6.42 Å². The molecule has 162 valence electrons. The summed E-state index contributed by atoms with van der Waals surface area (Å²) in [6.07, 6.45) is 3.43. The Kier molecular flexibility index (Phi) is 5.26. The highest BCUT2D eigenvalue weighted by Gasteiger charge is 2.34. The van der Waals surface area contributed by atoms with Crippen LogP contribution in [0.5, 0.6) is 0 Å². The minimum absolute atomic E-state index is 0.206. The second kappa shape index (κ2) is 8.37. The normalized spacial score (nSPS) is 15.9. The minimum Gasteiger partial charge on any atom is -0.443 e. The van der Waals surface area contributed by atoms with Crippen LogP contribution >= 0.6 is 0 Å². The molecule has 0 unspecified atom stereocenters. The number of hydrogen-bond acceptors (Lipinski definition) is 4. The van der Waals surface area contributed by atoms with Gasteiger partial charge in [-0.15, -0.1) is 0 Å². The number of carbonyl (C=O) groups excluding carboxylic acids is 1. The summed E-state index contributed by atoms with van der Waals surface area (Å²) in [7, 11) is 0. The number of likely N-dealkylation sites (tertiary alicyclic amines) is 1. The number of hydrogen-bond donors (Lipinski definition) is 1. The van der Waals surface area contributed by atoms with Crippen LogP contribution in [0, 0.1) is 11.6 Å². The molecule has 1 fully saturated rings. The van der Waals surface area contributed by atoms with Gasteiger partial charge in [-0.2, -0.15) is 5.10 Å². The second-order valence-electron chi connectivity index (χ2n) is 7.76. The zero-order valence-electron chi connectivity index (χ0n) is 17.1. The van der Waals surface area contributed by atoms with Crippen molar-refractivity contribution in [3.63, 3.8) is 0 Å². The summed E-state index contributed by atoms with van der Waals surface area (Å²) in [4.78, 5) is 19.2. The van der Waals surface area contributed by atoms with Crippen LogP contribution in [0.2, 0.25) is 0 Å². The summed E-state index contributed by atoms with van der Waals surface area (Å²) in [6.45, 7) is 0.569. The number of benzene rings is 2. The summed E-state index contributed by atoms with van der Waals surface area (Å²) < 4.78 is 33.0. The zero-order valence-corrected chi connectivity index (χ0v) is 17.1. The molecule has 1 aliphatic rings. The maximum absolute atomic E-state index is 13.9. The Balaban J connectivity index is 1.33. The van der Waals surface area contributed by atoms with Crippen LogP contribution in [0.1, 0.15) is 46.6 Å². The summed E-state index contributed by atoms with van der Waals surface area (Å²) in [6, 6.07) is 13.8. The highest BCUT2D eigenvalue weighted by Crippen LogP contribution is 2.33. The fourth-order valence-corrected chi connectivity index (χ4v) is 4.01. The highest BCUT2D eigenvalue weighted by atomic mass is 19.1. The third-order valence-electron chi connectivity index (χ3n) is 5.64. The van der Waals surface area contributed by atoms with Crippen LogP contribution in [0.3, 0.4) is 0 Å². The largest absolute Gasteiger partial charge is 0.443 e. The number of rotatable bonds is 5. The maximum Gasteiger partial charge on any atom is 0.272 e. The van der Waals surface area contributed by atoms with Crippen molar-refractivity contribution in [2.45, 2.75) is 25.3 Å². The SMILES string of the molecule is O=C(c1cc(-c2ccc(F)cc2)n[nH]1)N1CCC[C@@H]1c1ncc(Cc2ccccc2F)o1. The van der Waals surface area contributed by atoms with Crippen molar-refractivity contribution < 1.29 is 18.0 Å². The van der Waals surface area contributed by atoms with E-state index in [1.54, 1.807) is 47.5 Å². The lowest BCUT2D eigenvalue weighted by atomic mass is 10.1. The molecular weight excluding hydrogens is 414 g/mol. The lowest BCUT2D eigenvalue weighted by Crippen LogP contribution is -2.31. The number of oxazole rings is 1. The third kappa shape index (κ3) is 3.91. The van der Waals surface area contributed by atoms with E-state index in [2.05, 4.69) is 15.2 Å². The Morgan fingerprint density at radius 1 is 1.16 bits per heavy atom. The number of halogens is 2. The van der Waals surface area contributed by atoms with Crippen molar-refractivity contribution in [2.24, 2.45) is 0 Å². The third-order valence-corrected chi connectivity index (χ3v) is 5.64. The van der Waals surface area contributed by atoms with Crippen LogP contribution in [-0.4, -0.2) is 32.5 Å². The molecule has 3 heterocycles. The molecule has 1 amide bonds. The monoisotopic (exact) mass is 434 g/mol. The summed E-state index contributed by atoms with van der Waals surface area (Å²) in [5.41, 5.74) is 2.15. The van der Waals surface area contributed by atoms with Gasteiger partial charge >= 0.3 is 0 Å². The quantitative estimate of drug-likeness (QED) is 0.484. The minimum atomic E-state index is -0.333. The van der Waals surface area contributed by atoms with E-state index in [0.717, 1.165) is 12.8 Å². The molecule has 0 spiro atoms. The first-order valence-corrected chi connectivity index (χ1v) is 10.4. The van der Waals surface area contributed by atoms with E-state index in [0.29, 0.717) is 47.1 Å². The Hall–Kier alpha value is -3.81. The standard InChI is InChI=1S/C24H20F2N4O2/c25-17-9-7-15(8-10-17)20-13-21(29-28-20)24(31)30-11-3-6-22(30)23-27-14-18(32-23)12-16-4-1-2-5-19(16)26/h1-2,4-5,7-10,13-14,22H,3,6,11-12H2,(H,28,29)/t22-/m1/s1. The van der Waals surface area contributed by atoms with Crippen molar-refractivity contribution >= 4 is 5.91 Å². The molecule has 6 nitrogen and oxygen atoms in total. The summed E-state index contributed by atoms with van der Waals surface area (Å²) >= 11 is 0. The topological polar surface area (TPSA) is 75.0 Å². The second-order valence-corrected chi connectivity index (χ2v) is 7.76. The van der Waals surface area contributed by atoms with Gasteiger partial charge in [0.25, 0.3) is 5.91 Å². The van der Waals surface area contributed by atoms with Crippen molar-refractivity contribution in [2.75, 3.05) is 6.54 Å². The molecule has 0 aliphatic carbocycles. The average Bonchev–Trinajstić information content (AvgIpc) is 3.56. The first-order valence-electron chi connectivity index (χ1n) is 10.4. The number of nitrogens with one attached hydrogen (secondary N) is 1.